The van der Waals surface area contributed by atoms with E-state index in [0.717, 1.165) is 31.7 Å². The van der Waals surface area contributed by atoms with Crippen molar-refractivity contribution in [2.24, 2.45) is 5.92 Å². The normalized spacial score (nSPS) is 11.1. The van der Waals surface area contributed by atoms with Crippen molar-refractivity contribution < 1.29 is 4.79 Å². The van der Waals surface area contributed by atoms with Crippen molar-refractivity contribution in [1.82, 2.24) is 5.32 Å². The van der Waals surface area contributed by atoms with Crippen LogP contribution in [0, 0.1) is 5.92 Å². The van der Waals surface area contributed by atoms with Crippen molar-refractivity contribution in [3.63, 3.8) is 0 Å². The van der Waals surface area contributed by atoms with Gasteiger partial charge in [-0.2, -0.15) is 0 Å². The van der Waals surface area contributed by atoms with Crippen molar-refractivity contribution in [2.45, 2.75) is 117 Å². The molecule has 0 rings (SSSR count). The Morgan fingerprint density at radius 3 is 1.61 bits per heavy atom. The minimum atomic E-state index is 0.236. The third-order valence-electron chi connectivity index (χ3n) is 4.51. The molecule has 0 unspecified atom stereocenters. The molecule has 2 nitrogen and oxygen atoms in total. The van der Waals surface area contributed by atoms with E-state index in [1.54, 1.807) is 0 Å². The Hall–Kier alpha value is -0.530. The number of carbonyl (C=O) groups excluding carboxylic acids is 1. The summed E-state index contributed by atoms with van der Waals surface area (Å²) in [7, 11) is 0. The Morgan fingerprint density at radius 2 is 1.17 bits per heavy atom. The van der Waals surface area contributed by atoms with Gasteiger partial charge in [-0.1, -0.05) is 97.8 Å². The fourth-order valence-corrected chi connectivity index (χ4v) is 2.96. The van der Waals surface area contributed by atoms with E-state index in [1.807, 2.05) is 0 Å². The first-order chi connectivity index (χ1) is 11.2. The van der Waals surface area contributed by atoms with Gasteiger partial charge in [-0.25, -0.2) is 0 Å². The molecule has 0 spiro atoms. The zero-order chi connectivity index (χ0) is 17.2. The second-order valence-corrected chi connectivity index (χ2v) is 7.53. The summed E-state index contributed by atoms with van der Waals surface area (Å²) >= 11 is 0. The Morgan fingerprint density at radius 1 is 0.739 bits per heavy atom. The third kappa shape index (κ3) is 19.4. The summed E-state index contributed by atoms with van der Waals surface area (Å²) in [6.07, 6.45) is 19.5. The van der Waals surface area contributed by atoms with E-state index in [4.69, 9.17) is 0 Å². The van der Waals surface area contributed by atoms with Crippen molar-refractivity contribution >= 4 is 5.91 Å². The molecule has 0 aromatic carbocycles. The minimum absolute atomic E-state index is 0.236. The fraction of sp³-hybridized carbons (Fsp3) is 0.952. The van der Waals surface area contributed by atoms with E-state index in [0.29, 0.717) is 0 Å². The van der Waals surface area contributed by atoms with E-state index in [1.165, 1.54) is 77.0 Å². The maximum atomic E-state index is 11.4. The molecule has 138 valence electrons. The Kier molecular flexibility index (Phi) is 17.4. The molecule has 2 heteroatoms. The average molecular weight is 326 g/mol. The summed E-state index contributed by atoms with van der Waals surface area (Å²) in [5.41, 5.74) is 0. The number of unbranched alkanes of at least 4 members (excludes halogenated alkanes) is 11. The van der Waals surface area contributed by atoms with Crippen LogP contribution in [0.15, 0.2) is 0 Å². The zero-order valence-electron chi connectivity index (χ0n) is 16.3. The molecule has 0 saturated carbocycles. The van der Waals surface area contributed by atoms with Crippen molar-refractivity contribution in [3.05, 3.63) is 0 Å². The fourth-order valence-electron chi connectivity index (χ4n) is 2.96. The molecule has 0 saturated heterocycles. The first-order valence-corrected chi connectivity index (χ1v) is 10.4. The van der Waals surface area contributed by atoms with Gasteiger partial charge in [0, 0.05) is 13.0 Å². The highest BCUT2D eigenvalue weighted by atomic mass is 16.1. The molecule has 0 aromatic rings. The van der Waals surface area contributed by atoms with Crippen LogP contribution < -0.4 is 5.32 Å². The zero-order valence-corrected chi connectivity index (χ0v) is 16.3. The molecule has 1 N–H and O–H groups in total. The number of hydrogen-bond donors (Lipinski definition) is 1. The number of amides is 1. The predicted octanol–water partition coefficient (Wildman–Crippen LogP) is 6.63. The standard InChI is InChI=1S/C21H43NO/c1-4-19-22-21(23)18-16-14-12-10-8-6-5-7-9-11-13-15-17-20(2)3/h20H,4-19H2,1-3H3,(H,22,23). The molecular formula is C21H43NO. The van der Waals surface area contributed by atoms with Gasteiger partial charge in [0.1, 0.15) is 0 Å². The number of rotatable bonds is 17. The number of hydrogen-bond acceptors (Lipinski definition) is 1. The number of carbonyl (C=O) groups is 1. The topological polar surface area (TPSA) is 29.1 Å². The van der Waals surface area contributed by atoms with Crippen molar-refractivity contribution in [2.75, 3.05) is 6.54 Å². The number of nitrogens with one attached hydrogen (secondary N) is 1. The largest absolute Gasteiger partial charge is 0.356 e. The van der Waals surface area contributed by atoms with Gasteiger partial charge in [0.05, 0.1) is 0 Å². The van der Waals surface area contributed by atoms with Crippen LogP contribution in [0.4, 0.5) is 0 Å². The summed E-state index contributed by atoms with van der Waals surface area (Å²) in [6, 6.07) is 0. The lowest BCUT2D eigenvalue weighted by Crippen LogP contribution is -2.23. The van der Waals surface area contributed by atoms with Gasteiger partial charge in [0.15, 0.2) is 0 Å². The van der Waals surface area contributed by atoms with Crippen LogP contribution in [0.5, 0.6) is 0 Å². The lowest BCUT2D eigenvalue weighted by atomic mass is 10.0. The molecule has 0 atom stereocenters. The highest BCUT2D eigenvalue weighted by Gasteiger charge is 1.99. The second-order valence-electron chi connectivity index (χ2n) is 7.53. The average Bonchev–Trinajstić information content (AvgIpc) is 2.52. The first-order valence-electron chi connectivity index (χ1n) is 10.4. The van der Waals surface area contributed by atoms with Crippen LogP contribution >= 0.6 is 0 Å². The molecule has 23 heavy (non-hydrogen) atoms. The van der Waals surface area contributed by atoms with Gasteiger partial charge >= 0.3 is 0 Å². The SMILES string of the molecule is CCCNC(=O)CCCCCCCCCCCCCCC(C)C. The maximum absolute atomic E-state index is 11.4. The van der Waals surface area contributed by atoms with Crippen LogP contribution in [0.3, 0.4) is 0 Å². The molecule has 0 aliphatic rings. The lowest BCUT2D eigenvalue weighted by Gasteiger charge is -2.05. The Labute approximate surface area is 146 Å². The van der Waals surface area contributed by atoms with Crippen LogP contribution in [-0.4, -0.2) is 12.5 Å². The van der Waals surface area contributed by atoms with Gasteiger partial charge in [-0.15, -0.1) is 0 Å². The van der Waals surface area contributed by atoms with Gasteiger partial charge in [-0.05, 0) is 18.8 Å². The summed E-state index contributed by atoms with van der Waals surface area (Å²) in [4.78, 5) is 11.4. The van der Waals surface area contributed by atoms with Gasteiger partial charge < -0.3 is 5.32 Å². The molecule has 0 heterocycles. The lowest BCUT2D eigenvalue weighted by molar-refractivity contribution is -0.121. The van der Waals surface area contributed by atoms with E-state index in [9.17, 15) is 4.79 Å². The molecule has 0 aliphatic carbocycles. The maximum Gasteiger partial charge on any atom is 0.219 e. The van der Waals surface area contributed by atoms with Crippen molar-refractivity contribution in [1.29, 1.82) is 0 Å². The van der Waals surface area contributed by atoms with E-state index in [2.05, 4.69) is 26.1 Å². The van der Waals surface area contributed by atoms with E-state index < -0.39 is 0 Å². The summed E-state index contributed by atoms with van der Waals surface area (Å²) < 4.78 is 0. The Balaban J connectivity index is 3.06. The second kappa shape index (κ2) is 17.8. The molecule has 0 radical (unpaired) electrons. The van der Waals surface area contributed by atoms with Gasteiger partial charge in [0.2, 0.25) is 5.91 Å². The first kappa shape index (κ1) is 22.5. The summed E-state index contributed by atoms with van der Waals surface area (Å²) in [5.74, 6) is 1.11. The van der Waals surface area contributed by atoms with Crippen LogP contribution in [-0.2, 0) is 4.79 Å². The molecule has 0 aliphatic heterocycles. The Bertz CT molecular complexity index is 250. The van der Waals surface area contributed by atoms with Crippen LogP contribution in [0.25, 0.3) is 0 Å². The summed E-state index contributed by atoms with van der Waals surface area (Å²) in [5, 5.41) is 2.94. The molecule has 0 fully saturated rings. The quantitative estimate of drug-likeness (QED) is 0.299. The molecular weight excluding hydrogens is 282 g/mol. The van der Waals surface area contributed by atoms with E-state index >= 15 is 0 Å². The summed E-state index contributed by atoms with van der Waals surface area (Å²) in [6.45, 7) is 7.56. The monoisotopic (exact) mass is 325 g/mol. The minimum Gasteiger partial charge on any atom is -0.356 e. The molecule has 0 bridgehead atoms. The highest BCUT2D eigenvalue weighted by molar-refractivity contribution is 5.75. The third-order valence-corrected chi connectivity index (χ3v) is 4.51. The molecule has 1 amide bonds. The van der Waals surface area contributed by atoms with Gasteiger partial charge in [0.25, 0.3) is 0 Å². The smallest absolute Gasteiger partial charge is 0.219 e. The van der Waals surface area contributed by atoms with Crippen molar-refractivity contribution in [3.8, 4) is 0 Å². The van der Waals surface area contributed by atoms with E-state index in [-0.39, 0.29) is 5.91 Å². The highest BCUT2D eigenvalue weighted by Crippen LogP contribution is 2.14. The van der Waals surface area contributed by atoms with Crippen LogP contribution in [0.2, 0.25) is 0 Å². The van der Waals surface area contributed by atoms with Gasteiger partial charge in [-0.3, -0.25) is 4.79 Å². The van der Waals surface area contributed by atoms with Crippen LogP contribution in [0.1, 0.15) is 117 Å². The molecule has 0 aromatic heterocycles. The predicted molar refractivity (Wildman–Crippen MR) is 103 cm³/mol.